The van der Waals surface area contributed by atoms with E-state index < -0.39 is 0 Å². The van der Waals surface area contributed by atoms with Crippen LogP contribution in [0.4, 0.5) is 34.1 Å². The van der Waals surface area contributed by atoms with Gasteiger partial charge in [0.2, 0.25) is 0 Å². The summed E-state index contributed by atoms with van der Waals surface area (Å²) >= 11 is 0. The number of hydrogen-bond acceptors (Lipinski definition) is 3. The summed E-state index contributed by atoms with van der Waals surface area (Å²) in [5.41, 5.74) is 13.1. The van der Waals surface area contributed by atoms with Crippen LogP contribution in [0.2, 0.25) is 0 Å². The molecule has 0 spiro atoms. The second-order valence-corrected chi connectivity index (χ2v) is 13.7. The van der Waals surface area contributed by atoms with Gasteiger partial charge in [0.1, 0.15) is 11.2 Å². The quantitative estimate of drug-likeness (QED) is 0.157. The van der Waals surface area contributed by atoms with Gasteiger partial charge < -0.3 is 14.2 Å². The molecule has 9 aromatic carbocycles. The fraction of sp³-hybridized carbons (Fsp3) is 0. The summed E-state index contributed by atoms with van der Waals surface area (Å²) in [5.74, 6) is 0. The van der Waals surface area contributed by atoms with E-state index in [1.165, 1.54) is 27.5 Å². The van der Waals surface area contributed by atoms with E-state index in [2.05, 4.69) is 216 Å². The Bertz CT molecular complexity index is 2920. The molecule has 0 aliphatic carbocycles. The molecule has 0 saturated heterocycles. The number of furan rings is 1. The molecule has 0 bridgehead atoms. The van der Waals surface area contributed by atoms with Crippen molar-refractivity contribution in [2.75, 3.05) is 9.80 Å². The maximum Gasteiger partial charge on any atom is 0.137 e. The zero-order valence-corrected chi connectivity index (χ0v) is 30.1. The van der Waals surface area contributed by atoms with Crippen molar-refractivity contribution in [3.8, 4) is 22.3 Å². The Kier molecular flexibility index (Phi) is 8.16. The van der Waals surface area contributed by atoms with Crippen LogP contribution in [0.3, 0.4) is 0 Å². The van der Waals surface area contributed by atoms with E-state index in [9.17, 15) is 0 Å². The van der Waals surface area contributed by atoms with E-state index in [0.29, 0.717) is 0 Å². The Hall–Kier alpha value is -7.36. The van der Waals surface area contributed by atoms with Gasteiger partial charge in [0, 0.05) is 33.4 Å². The van der Waals surface area contributed by atoms with E-state index in [4.69, 9.17) is 4.42 Å². The Morgan fingerprint density at radius 1 is 0.273 bits per heavy atom. The van der Waals surface area contributed by atoms with Gasteiger partial charge in [-0.05, 0) is 88.8 Å². The molecule has 0 radical (unpaired) electrons. The summed E-state index contributed by atoms with van der Waals surface area (Å²) in [4.78, 5) is 4.73. The molecule has 260 valence electrons. The average molecular weight is 705 g/mol. The van der Waals surface area contributed by atoms with Gasteiger partial charge in [-0.1, -0.05) is 152 Å². The predicted octanol–water partition coefficient (Wildman–Crippen LogP) is 15.0. The lowest BCUT2D eigenvalue weighted by Crippen LogP contribution is -2.11. The number of para-hydroxylation sites is 4. The Balaban J connectivity index is 1.11. The lowest BCUT2D eigenvalue weighted by molar-refractivity contribution is 0.669. The summed E-state index contributed by atoms with van der Waals surface area (Å²) in [7, 11) is 0. The van der Waals surface area contributed by atoms with Crippen molar-refractivity contribution in [3.63, 3.8) is 0 Å². The highest BCUT2D eigenvalue weighted by Crippen LogP contribution is 2.47. The van der Waals surface area contributed by atoms with Crippen LogP contribution >= 0.6 is 0 Å². The minimum absolute atomic E-state index is 0.872. The summed E-state index contributed by atoms with van der Waals surface area (Å²) in [6.45, 7) is 0. The Labute approximate surface area is 320 Å². The number of hydrogen-bond donors (Lipinski definition) is 0. The highest BCUT2D eigenvalue weighted by molar-refractivity contribution is 6.15. The number of rotatable bonds is 8. The molecule has 10 rings (SSSR count). The molecule has 0 aliphatic heterocycles. The highest BCUT2D eigenvalue weighted by atomic mass is 16.3. The summed E-state index contributed by atoms with van der Waals surface area (Å²) in [5, 5.41) is 4.56. The lowest BCUT2D eigenvalue weighted by Gasteiger charge is -2.28. The molecule has 0 atom stereocenters. The number of benzene rings is 9. The van der Waals surface area contributed by atoms with Crippen LogP contribution in [-0.2, 0) is 0 Å². The molecule has 1 aromatic heterocycles. The fourth-order valence-corrected chi connectivity index (χ4v) is 7.98. The molecule has 55 heavy (non-hydrogen) atoms. The zero-order valence-electron chi connectivity index (χ0n) is 30.1. The molecule has 0 fully saturated rings. The van der Waals surface area contributed by atoms with Crippen molar-refractivity contribution >= 4 is 66.8 Å². The second-order valence-electron chi connectivity index (χ2n) is 13.7. The van der Waals surface area contributed by atoms with Gasteiger partial charge in [0.15, 0.2) is 0 Å². The zero-order chi connectivity index (χ0) is 36.6. The van der Waals surface area contributed by atoms with Crippen molar-refractivity contribution in [1.82, 2.24) is 0 Å². The van der Waals surface area contributed by atoms with Crippen LogP contribution in [0.5, 0.6) is 0 Å². The van der Waals surface area contributed by atoms with Crippen molar-refractivity contribution in [1.29, 1.82) is 0 Å². The molecule has 3 nitrogen and oxygen atoms in total. The van der Waals surface area contributed by atoms with Crippen LogP contribution in [0, 0.1) is 0 Å². The number of fused-ring (bicyclic) bond motifs is 4. The first kappa shape index (κ1) is 32.3. The molecule has 0 N–H and O–H groups in total. The third-order valence-electron chi connectivity index (χ3n) is 10.5. The maximum absolute atomic E-state index is 6.36. The van der Waals surface area contributed by atoms with Crippen LogP contribution in [0.15, 0.2) is 223 Å². The lowest BCUT2D eigenvalue weighted by atomic mass is 9.95. The largest absolute Gasteiger partial charge is 0.456 e. The van der Waals surface area contributed by atoms with Crippen LogP contribution < -0.4 is 9.80 Å². The summed E-state index contributed by atoms with van der Waals surface area (Å²) in [6, 6.07) is 77.5. The van der Waals surface area contributed by atoms with Gasteiger partial charge in [-0.15, -0.1) is 0 Å². The molecule has 1 heterocycles. The smallest absolute Gasteiger partial charge is 0.137 e. The SMILES string of the molecule is c1ccc(-c2ccccc2N(c2ccccc2)c2ccc(-c3ccc(N(c4ccccc4)c4cccc5oc6ccccc6c45)c4ccccc34)cc2)cc1. The van der Waals surface area contributed by atoms with Crippen molar-refractivity contribution in [3.05, 3.63) is 218 Å². The number of anilines is 6. The topological polar surface area (TPSA) is 19.6 Å². The van der Waals surface area contributed by atoms with Gasteiger partial charge in [-0.3, -0.25) is 0 Å². The molecular weight excluding hydrogens is 669 g/mol. The van der Waals surface area contributed by atoms with Gasteiger partial charge in [-0.2, -0.15) is 0 Å². The molecule has 0 aliphatic rings. The highest BCUT2D eigenvalue weighted by Gasteiger charge is 2.22. The van der Waals surface area contributed by atoms with E-state index in [-0.39, 0.29) is 0 Å². The van der Waals surface area contributed by atoms with E-state index in [1.807, 2.05) is 12.1 Å². The van der Waals surface area contributed by atoms with Crippen molar-refractivity contribution in [2.24, 2.45) is 0 Å². The normalized spacial score (nSPS) is 11.3. The average Bonchev–Trinajstić information content (AvgIpc) is 3.65. The van der Waals surface area contributed by atoms with Crippen LogP contribution in [0.25, 0.3) is 55.0 Å². The monoisotopic (exact) mass is 704 g/mol. The van der Waals surface area contributed by atoms with Gasteiger partial charge in [0.25, 0.3) is 0 Å². The molecule has 3 heteroatoms. The van der Waals surface area contributed by atoms with E-state index >= 15 is 0 Å². The summed E-state index contributed by atoms with van der Waals surface area (Å²) in [6.07, 6.45) is 0. The molecular formula is C52H36N2O. The first-order valence-corrected chi connectivity index (χ1v) is 18.7. The maximum atomic E-state index is 6.36. The molecule has 0 unspecified atom stereocenters. The second kappa shape index (κ2) is 13.9. The van der Waals surface area contributed by atoms with Gasteiger partial charge in [0.05, 0.1) is 22.4 Å². The molecule has 0 amide bonds. The van der Waals surface area contributed by atoms with Crippen molar-refractivity contribution < 1.29 is 4.42 Å². The predicted molar refractivity (Wildman–Crippen MR) is 231 cm³/mol. The van der Waals surface area contributed by atoms with Gasteiger partial charge in [-0.25, -0.2) is 0 Å². The number of nitrogens with zero attached hydrogens (tertiary/aromatic N) is 2. The molecule has 0 saturated carbocycles. The van der Waals surface area contributed by atoms with Crippen LogP contribution in [-0.4, -0.2) is 0 Å². The molecule has 10 aromatic rings. The Morgan fingerprint density at radius 3 is 1.55 bits per heavy atom. The van der Waals surface area contributed by atoms with E-state index in [1.54, 1.807) is 0 Å². The summed E-state index contributed by atoms with van der Waals surface area (Å²) < 4.78 is 6.36. The fourth-order valence-electron chi connectivity index (χ4n) is 7.98. The third-order valence-corrected chi connectivity index (χ3v) is 10.5. The van der Waals surface area contributed by atoms with Crippen molar-refractivity contribution in [2.45, 2.75) is 0 Å². The van der Waals surface area contributed by atoms with E-state index in [0.717, 1.165) is 61.6 Å². The van der Waals surface area contributed by atoms with Gasteiger partial charge >= 0.3 is 0 Å². The third kappa shape index (κ3) is 5.80. The minimum Gasteiger partial charge on any atom is -0.456 e. The minimum atomic E-state index is 0.872. The first-order valence-electron chi connectivity index (χ1n) is 18.7. The van der Waals surface area contributed by atoms with Crippen LogP contribution in [0.1, 0.15) is 0 Å². The Morgan fingerprint density at radius 2 is 0.800 bits per heavy atom. The first-order chi connectivity index (χ1) is 27.3. The standard InChI is InChI=1S/C52H36N2O/c1-4-17-37(18-5-1)43-23-12-14-27-47(43)53(39-19-6-2-7-20-39)41-33-31-38(32-34-41)42-35-36-48(45-25-11-10-24-44(42)45)54(40-21-8-3-9-22-40)49-28-16-30-51-52(49)46-26-13-15-29-50(46)55-51/h1-36H.